The zero-order chi connectivity index (χ0) is 11.3. The summed E-state index contributed by atoms with van der Waals surface area (Å²) in [7, 11) is 0. The summed E-state index contributed by atoms with van der Waals surface area (Å²) in [6.45, 7) is 4.48. The molecule has 0 heterocycles. The van der Waals surface area contributed by atoms with Crippen LogP contribution in [-0.4, -0.2) is 17.8 Å². The van der Waals surface area contributed by atoms with Crippen molar-refractivity contribution in [1.29, 1.82) is 0 Å². The van der Waals surface area contributed by atoms with E-state index in [1.807, 2.05) is 32.0 Å². The fourth-order valence-corrected chi connectivity index (χ4v) is 1.33. The molecule has 0 unspecified atom stereocenters. The van der Waals surface area contributed by atoms with Crippen LogP contribution in [0.15, 0.2) is 18.2 Å². The zero-order valence-corrected chi connectivity index (χ0v) is 10.4. The van der Waals surface area contributed by atoms with Crippen molar-refractivity contribution < 1.29 is 9.53 Å². The largest absolute Gasteiger partial charge is 0.492 e. The smallest absolute Gasteiger partial charge is 0.235 e. The fraction of sp³-hybridized carbons (Fsp3) is 0.364. The van der Waals surface area contributed by atoms with Gasteiger partial charge in [-0.3, -0.25) is 4.79 Å². The lowest BCUT2D eigenvalue weighted by molar-refractivity contribution is -0.113. The number of hydrogen-bond acceptors (Lipinski definition) is 2. The van der Waals surface area contributed by atoms with Crippen LogP contribution in [0.2, 0.25) is 0 Å². The Hall–Kier alpha value is -1.03. The zero-order valence-electron chi connectivity index (χ0n) is 8.84. The Morgan fingerprint density at radius 3 is 2.87 bits per heavy atom. The van der Waals surface area contributed by atoms with Crippen LogP contribution in [-0.2, 0) is 4.79 Å². The van der Waals surface area contributed by atoms with Gasteiger partial charge in [0.25, 0.3) is 0 Å². The molecule has 82 valence electrons. The number of halogens is 1. The molecular weight excluding hydrogens is 258 g/mol. The van der Waals surface area contributed by atoms with Crippen molar-refractivity contribution in [2.75, 3.05) is 17.3 Å². The van der Waals surface area contributed by atoms with Crippen molar-refractivity contribution in [2.45, 2.75) is 13.8 Å². The Morgan fingerprint density at radius 2 is 2.27 bits per heavy atom. The highest BCUT2D eigenvalue weighted by molar-refractivity contribution is 9.09. The number of amides is 1. The van der Waals surface area contributed by atoms with Crippen LogP contribution in [0.4, 0.5) is 5.69 Å². The fourth-order valence-electron chi connectivity index (χ4n) is 1.19. The van der Waals surface area contributed by atoms with E-state index in [2.05, 4.69) is 21.2 Å². The maximum Gasteiger partial charge on any atom is 0.235 e. The SMILES string of the molecule is CCOc1cc(C)ccc1NC(=O)CBr. The van der Waals surface area contributed by atoms with E-state index in [9.17, 15) is 4.79 Å². The third-order valence-electron chi connectivity index (χ3n) is 1.83. The molecule has 0 radical (unpaired) electrons. The highest BCUT2D eigenvalue weighted by Gasteiger charge is 2.06. The number of hydrogen-bond donors (Lipinski definition) is 1. The summed E-state index contributed by atoms with van der Waals surface area (Å²) in [5.74, 6) is 0.631. The van der Waals surface area contributed by atoms with Crippen molar-refractivity contribution in [1.82, 2.24) is 0 Å². The summed E-state index contributed by atoms with van der Waals surface area (Å²) in [6, 6.07) is 5.70. The second kappa shape index (κ2) is 5.75. The molecule has 0 aliphatic heterocycles. The van der Waals surface area contributed by atoms with E-state index in [-0.39, 0.29) is 11.2 Å². The molecule has 0 bridgehead atoms. The quantitative estimate of drug-likeness (QED) is 0.856. The lowest BCUT2D eigenvalue weighted by Gasteiger charge is -2.11. The molecule has 1 aromatic carbocycles. The van der Waals surface area contributed by atoms with E-state index in [1.54, 1.807) is 0 Å². The Bertz CT molecular complexity index is 352. The van der Waals surface area contributed by atoms with Crippen molar-refractivity contribution in [3.63, 3.8) is 0 Å². The molecule has 0 saturated carbocycles. The van der Waals surface area contributed by atoms with Crippen molar-refractivity contribution >= 4 is 27.5 Å². The van der Waals surface area contributed by atoms with E-state index >= 15 is 0 Å². The lowest BCUT2D eigenvalue weighted by atomic mass is 10.2. The van der Waals surface area contributed by atoms with Gasteiger partial charge in [0.05, 0.1) is 17.6 Å². The number of benzene rings is 1. The van der Waals surface area contributed by atoms with Gasteiger partial charge in [0.2, 0.25) is 5.91 Å². The first-order valence-electron chi connectivity index (χ1n) is 4.76. The average Bonchev–Trinajstić information content (AvgIpc) is 2.22. The minimum atomic E-state index is -0.0835. The number of rotatable bonds is 4. The van der Waals surface area contributed by atoms with Crippen LogP contribution < -0.4 is 10.1 Å². The summed E-state index contributed by atoms with van der Waals surface area (Å²) in [5.41, 5.74) is 1.82. The highest BCUT2D eigenvalue weighted by atomic mass is 79.9. The molecule has 15 heavy (non-hydrogen) atoms. The summed E-state index contributed by atoms with van der Waals surface area (Å²) in [5, 5.41) is 3.05. The van der Waals surface area contributed by atoms with Crippen LogP contribution in [0, 0.1) is 6.92 Å². The monoisotopic (exact) mass is 271 g/mol. The molecule has 0 atom stereocenters. The predicted octanol–water partition coefficient (Wildman–Crippen LogP) is 2.73. The van der Waals surface area contributed by atoms with E-state index in [1.165, 1.54) is 0 Å². The molecule has 0 aromatic heterocycles. The maximum absolute atomic E-state index is 11.2. The van der Waals surface area contributed by atoms with Crippen LogP contribution >= 0.6 is 15.9 Å². The molecule has 4 heteroatoms. The Balaban J connectivity index is 2.89. The van der Waals surface area contributed by atoms with Crippen LogP contribution in [0.3, 0.4) is 0 Å². The van der Waals surface area contributed by atoms with Crippen LogP contribution in [0.25, 0.3) is 0 Å². The van der Waals surface area contributed by atoms with E-state index in [0.717, 1.165) is 5.56 Å². The van der Waals surface area contributed by atoms with Gasteiger partial charge in [0, 0.05) is 0 Å². The van der Waals surface area contributed by atoms with E-state index < -0.39 is 0 Å². The molecular formula is C11H14BrNO2. The van der Waals surface area contributed by atoms with Crippen molar-refractivity contribution in [2.24, 2.45) is 0 Å². The van der Waals surface area contributed by atoms with Gasteiger partial charge < -0.3 is 10.1 Å². The first-order valence-corrected chi connectivity index (χ1v) is 5.88. The third kappa shape index (κ3) is 3.55. The summed E-state index contributed by atoms with van der Waals surface area (Å²) in [4.78, 5) is 11.2. The van der Waals surface area contributed by atoms with Crippen molar-refractivity contribution in [3.05, 3.63) is 23.8 Å². The molecule has 1 amide bonds. The van der Waals surface area contributed by atoms with Gasteiger partial charge in [0.15, 0.2) is 0 Å². The van der Waals surface area contributed by atoms with Crippen LogP contribution in [0.5, 0.6) is 5.75 Å². The van der Waals surface area contributed by atoms with Gasteiger partial charge in [-0.05, 0) is 31.5 Å². The molecule has 0 fully saturated rings. The molecule has 0 aliphatic rings. The summed E-state index contributed by atoms with van der Waals surface area (Å²) in [6.07, 6.45) is 0. The van der Waals surface area contributed by atoms with E-state index in [0.29, 0.717) is 18.0 Å². The second-order valence-electron chi connectivity index (χ2n) is 3.11. The van der Waals surface area contributed by atoms with E-state index in [4.69, 9.17) is 4.74 Å². The molecule has 0 aliphatic carbocycles. The number of alkyl halides is 1. The highest BCUT2D eigenvalue weighted by Crippen LogP contribution is 2.25. The molecule has 1 rings (SSSR count). The molecule has 3 nitrogen and oxygen atoms in total. The van der Waals surface area contributed by atoms with Gasteiger partial charge in [-0.1, -0.05) is 22.0 Å². The third-order valence-corrected chi connectivity index (χ3v) is 2.34. The minimum absolute atomic E-state index is 0.0835. The minimum Gasteiger partial charge on any atom is -0.492 e. The number of carbonyl (C=O) groups is 1. The number of aryl methyl sites for hydroxylation is 1. The van der Waals surface area contributed by atoms with Gasteiger partial charge >= 0.3 is 0 Å². The first-order chi connectivity index (χ1) is 7.17. The molecule has 1 aromatic rings. The number of anilines is 1. The maximum atomic E-state index is 11.2. The Morgan fingerprint density at radius 1 is 1.53 bits per heavy atom. The van der Waals surface area contributed by atoms with Gasteiger partial charge in [-0.2, -0.15) is 0 Å². The average molecular weight is 272 g/mol. The Labute approximate surface area is 97.9 Å². The molecule has 1 N–H and O–H groups in total. The lowest BCUT2D eigenvalue weighted by Crippen LogP contribution is -2.13. The Kier molecular flexibility index (Phi) is 4.62. The number of ether oxygens (including phenoxy) is 1. The normalized spacial score (nSPS) is 9.80. The standard InChI is InChI=1S/C11H14BrNO2/c1-3-15-10-6-8(2)4-5-9(10)13-11(14)7-12/h4-6H,3,7H2,1-2H3,(H,13,14). The number of nitrogens with one attached hydrogen (secondary N) is 1. The predicted molar refractivity (Wildman–Crippen MR) is 64.8 cm³/mol. The van der Waals surface area contributed by atoms with Gasteiger partial charge in [0.1, 0.15) is 5.75 Å². The van der Waals surface area contributed by atoms with Crippen molar-refractivity contribution in [3.8, 4) is 5.75 Å². The topological polar surface area (TPSA) is 38.3 Å². The second-order valence-corrected chi connectivity index (χ2v) is 3.68. The molecule has 0 spiro atoms. The number of carbonyl (C=O) groups excluding carboxylic acids is 1. The van der Waals surface area contributed by atoms with Crippen LogP contribution in [0.1, 0.15) is 12.5 Å². The first kappa shape index (κ1) is 12.0. The summed E-state index contributed by atoms with van der Waals surface area (Å²) < 4.78 is 5.43. The van der Waals surface area contributed by atoms with Gasteiger partial charge in [-0.15, -0.1) is 0 Å². The molecule has 0 saturated heterocycles. The van der Waals surface area contributed by atoms with Gasteiger partial charge in [-0.25, -0.2) is 0 Å². The summed E-state index contributed by atoms with van der Waals surface area (Å²) >= 11 is 3.10.